The summed E-state index contributed by atoms with van der Waals surface area (Å²) in [6.07, 6.45) is 3.34. The summed E-state index contributed by atoms with van der Waals surface area (Å²) >= 11 is 0. The van der Waals surface area contributed by atoms with Gasteiger partial charge in [0, 0.05) is 33.2 Å². The van der Waals surface area contributed by atoms with Crippen LogP contribution in [0.2, 0.25) is 0 Å². The van der Waals surface area contributed by atoms with Crippen LogP contribution in [-0.2, 0) is 14.3 Å². The maximum atomic E-state index is 10.8. The molecule has 0 amide bonds. The Balaban J connectivity index is 1.97. The molecule has 1 saturated carbocycles. The van der Waals surface area contributed by atoms with E-state index < -0.39 is 0 Å². The zero-order valence-corrected chi connectivity index (χ0v) is 7.54. The van der Waals surface area contributed by atoms with E-state index in [2.05, 4.69) is 0 Å². The smallest absolute Gasteiger partial charge is 0.135 e. The van der Waals surface area contributed by atoms with Crippen molar-refractivity contribution in [2.24, 2.45) is 0 Å². The van der Waals surface area contributed by atoms with E-state index in [9.17, 15) is 4.79 Å². The van der Waals surface area contributed by atoms with Crippen molar-refractivity contribution in [3.8, 4) is 0 Å². The lowest BCUT2D eigenvalue weighted by Gasteiger charge is -2.09. The van der Waals surface area contributed by atoms with E-state index in [1.807, 2.05) is 0 Å². The van der Waals surface area contributed by atoms with Crippen molar-refractivity contribution in [1.29, 1.82) is 0 Å². The average Bonchev–Trinajstić information content (AvgIpc) is 2.45. The molecule has 1 unspecified atom stereocenters. The number of rotatable bonds is 5. The van der Waals surface area contributed by atoms with Gasteiger partial charge in [-0.2, -0.15) is 0 Å². The summed E-state index contributed by atoms with van der Waals surface area (Å²) in [5.74, 6) is 0.340. The molecule has 0 spiro atoms. The van der Waals surface area contributed by atoms with Crippen molar-refractivity contribution in [2.45, 2.75) is 31.8 Å². The number of carbonyl (C=O) groups is 1. The Hall–Kier alpha value is -0.410. The monoisotopic (exact) mass is 172 g/mol. The van der Waals surface area contributed by atoms with Gasteiger partial charge in [0.15, 0.2) is 0 Å². The van der Waals surface area contributed by atoms with Crippen LogP contribution in [0.1, 0.15) is 25.7 Å². The molecular formula is C9H16O3. The van der Waals surface area contributed by atoms with Crippen LogP contribution < -0.4 is 0 Å². The fourth-order valence-electron chi connectivity index (χ4n) is 1.38. The highest BCUT2D eigenvalue weighted by molar-refractivity contribution is 5.81. The Morgan fingerprint density at radius 1 is 1.50 bits per heavy atom. The minimum Gasteiger partial charge on any atom is -0.385 e. The van der Waals surface area contributed by atoms with E-state index in [-0.39, 0.29) is 6.10 Å². The highest BCUT2D eigenvalue weighted by Gasteiger charge is 2.21. The van der Waals surface area contributed by atoms with E-state index in [1.165, 1.54) is 0 Å². The molecule has 1 rings (SSSR count). The van der Waals surface area contributed by atoms with Crippen LogP contribution in [-0.4, -0.2) is 32.2 Å². The lowest BCUT2D eigenvalue weighted by Crippen LogP contribution is -2.10. The molecule has 0 bridgehead atoms. The molecule has 0 aromatic carbocycles. The van der Waals surface area contributed by atoms with Crippen molar-refractivity contribution in [1.82, 2.24) is 0 Å². The zero-order chi connectivity index (χ0) is 8.81. The molecule has 1 aliphatic rings. The molecular weight excluding hydrogens is 156 g/mol. The van der Waals surface area contributed by atoms with Crippen molar-refractivity contribution in [2.75, 3.05) is 20.3 Å². The van der Waals surface area contributed by atoms with E-state index in [0.717, 1.165) is 19.4 Å². The number of hydrogen-bond acceptors (Lipinski definition) is 3. The van der Waals surface area contributed by atoms with Crippen LogP contribution >= 0.6 is 0 Å². The number of hydrogen-bond donors (Lipinski definition) is 0. The first-order chi connectivity index (χ1) is 5.83. The van der Waals surface area contributed by atoms with Gasteiger partial charge in [-0.15, -0.1) is 0 Å². The molecule has 1 aliphatic carbocycles. The zero-order valence-electron chi connectivity index (χ0n) is 7.54. The third-order valence-electron chi connectivity index (χ3n) is 2.05. The third-order valence-corrected chi connectivity index (χ3v) is 2.05. The van der Waals surface area contributed by atoms with Gasteiger partial charge in [-0.1, -0.05) is 0 Å². The van der Waals surface area contributed by atoms with E-state index in [0.29, 0.717) is 25.2 Å². The molecule has 0 heterocycles. The minimum atomic E-state index is 0.189. The Labute approximate surface area is 73.0 Å². The van der Waals surface area contributed by atoms with Crippen LogP contribution in [0, 0.1) is 0 Å². The summed E-state index contributed by atoms with van der Waals surface area (Å²) in [6, 6.07) is 0. The van der Waals surface area contributed by atoms with Gasteiger partial charge in [0.1, 0.15) is 5.78 Å². The average molecular weight is 172 g/mol. The normalized spacial score (nSPS) is 23.4. The van der Waals surface area contributed by atoms with Gasteiger partial charge in [0.25, 0.3) is 0 Å². The summed E-state index contributed by atoms with van der Waals surface area (Å²) < 4.78 is 10.4. The van der Waals surface area contributed by atoms with E-state index >= 15 is 0 Å². The molecule has 1 atom stereocenters. The molecule has 0 aromatic heterocycles. The second kappa shape index (κ2) is 5.27. The van der Waals surface area contributed by atoms with Crippen LogP contribution in [0.15, 0.2) is 0 Å². The molecule has 70 valence electrons. The van der Waals surface area contributed by atoms with Gasteiger partial charge < -0.3 is 9.47 Å². The fraction of sp³-hybridized carbons (Fsp3) is 0.889. The van der Waals surface area contributed by atoms with Gasteiger partial charge >= 0.3 is 0 Å². The number of Topliss-reactive ketones (excluding diaryl/α,β-unsaturated/α-hetero) is 1. The Morgan fingerprint density at radius 3 is 2.92 bits per heavy atom. The first-order valence-electron chi connectivity index (χ1n) is 4.45. The molecule has 0 radical (unpaired) electrons. The van der Waals surface area contributed by atoms with Crippen molar-refractivity contribution in [3.05, 3.63) is 0 Å². The molecule has 12 heavy (non-hydrogen) atoms. The van der Waals surface area contributed by atoms with Crippen LogP contribution in [0.4, 0.5) is 0 Å². The summed E-state index contributed by atoms with van der Waals surface area (Å²) in [6.45, 7) is 1.45. The van der Waals surface area contributed by atoms with Crippen molar-refractivity contribution >= 4 is 5.78 Å². The van der Waals surface area contributed by atoms with Gasteiger partial charge in [-0.25, -0.2) is 0 Å². The largest absolute Gasteiger partial charge is 0.385 e. The van der Waals surface area contributed by atoms with E-state index in [1.54, 1.807) is 7.11 Å². The molecule has 3 heteroatoms. The predicted molar refractivity (Wildman–Crippen MR) is 45.1 cm³/mol. The number of methoxy groups -OCH3 is 1. The highest BCUT2D eigenvalue weighted by Crippen LogP contribution is 2.17. The second-order valence-corrected chi connectivity index (χ2v) is 3.12. The lowest BCUT2D eigenvalue weighted by atomic mass is 10.3. The fourth-order valence-corrected chi connectivity index (χ4v) is 1.38. The number of ether oxygens (including phenoxy) is 2. The Bertz CT molecular complexity index is 145. The van der Waals surface area contributed by atoms with Gasteiger partial charge in [0.05, 0.1) is 6.10 Å². The van der Waals surface area contributed by atoms with Crippen LogP contribution in [0.3, 0.4) is 0 Å². The topological polar surface area (TPSA) is 35.5 Å². The third kappa shape index (κ3) is 3.32. The summed E-state index contributed by atoms with van der Waals surface area (Å²) in [5, 5.41) is 0. The Kier molecular flexibility index (Phi) is 4.25. The SMILES string of the molecule is COCCCOC1CCC(=O)C1. The molecule has 0 saturated heterocycles. The maximum Gasteiger partial charge on any atom is 0.135 e. The summed E-state index contributed by atoms with van der Waals surface area (Å²) in [4.78, 5) is 10.8. The highest BCUT2D eigenvalue weighted by atomic mass is 16.5. The summed E-state index contributed by atoms with van der Waals surface area (Å²) in [7, 11) is 1.68. The van der Waals surface area contributed by atoms with Gasteiger partial charge in [0.2, 0.25) is 0 Å². The van der Waals surface area contributed by atoms with Crippen molar-refractivity contribution in [3.63, 3.8) is 0 Å². The van der Waals surface area contributed by atoms with Crippen LogP contribution in [0.5, 0.6) is 0 Å². The molecule has 0 N–H and O–H groups in total. The van der Waals surface area contributed by atoms with Gasteiger partial charge in [-0.05, 0) is 12.8 Å². The lowest BCUT2D eigenvalue weighted by molar-refractivity contribution is -0.118. The standard InChI is InChI=1S/C9H16O3/c1-11-5-2-6-12-9-4-3-8(10)7-9/h9H,2-7H2,1H3. The van der Waals surface area contributed by atoms with Crippen LogP contribution in [0.25, 0.3) is 0 Å². The number of ketones is 1. The first kappa shape index (κ1) is 9.68. The van der Waals surface area contributed by atoms with Gasteiger partial charge in [-0.3, -0.25) is 4.79 Å². The maximum absolute atomic E-state index is 10.8. The molecule has 0 aliphatic heterocycles. The Morgan fingerprint density at radius 2 is 2.33 bits per heavy atom. The number of carbonyl (C=O) groups excluding carboxylic acids is 1. The molecule has 3 nitrogen and oxygen atoms in total. The summed E-state index contributed by atoms with van der Waals surface area (Å²) in [5.41, 5.74) is 0. The quantitative estimate of drug-likeness (QED) is 0.584. The minimum absolute atomic E-state index is 0.189. The predicted octanol–water partition coefficient (Wildman–Crippen LogP) is 1.16. The first-order valence-corrected chi connectivity index (χ1v) is 4.45. The van der Waals surface area contributed by atoms with E-state index in [4.69, 9.17) is 9.47 Å². The second-order valence-electron chi connectivity index (χ2n) is 3.12. The molecule has 0 aromatic rings. The van der Waals surface area contributed by atoms with Crippen molar-refractivity contribution < 1.29 is 14.3 Å². The molecule has 1 fully saturated rings.